The SMILES string of the molecule is CC(C)c1ccc([C@](O)(c2cncc(COc3ccc(F)cc3)c2)C2(C)CN(C(=O)O)C2)cc1. The summed E-state index contributed by atoms with van der Waals surface area (Å²) in [5.74, 6) is 0.528. The Balaban J connectivity index is 1.68. The molecule has 1 fully saturated rings. The summed E-state index contributed by atoms with van der Waals surface area (Å²) >= 11 is 0. The van der Waals surface area contributed by atoms with Crippen LogP contribution >= 0.6 is 0 Å². The van der Waals surface area contributed by atoms with E-state index in [9.17, 15) is 19.4 Å². The average Bonchev–Trinajstić information content (AvgIpc) is 2.81. The van der Waals surface area contributed by atoms with Gasteiger partial charge in [0, 0.05) is 42.0 Å². The van der Waals surface area contributed by atoms with Gasteiger partial charge < -0.3 is 19.8 Å². The fraction of sp³-hybridized carbons (Fsp3) is 0.333. The number of amides is 1. The molecule has 2 N–H and O–H groups in total. The van der Waals surface area contributed by atoms with Gasteiger partial charge in [0.25, 0.3) is 0 Å². The molecular weight excluding hydrogens is 435 g/mol. The van der Waals surface area contributed by atoms with Gasteiger partial charge in [0.1, 0.15) is 23.8 Å². The van der Waals surface area contributed by atoms with Crippen LogP contribution in [-0.4, -0.2) is 39.3 Å². The lowest BCUT2D eigenvalue weighted by Crippen LogP contribution is -2.66. The molecule has 1 atom stereocenters. The summed E-state index contributed by atoms with van der Waals surface area (Å²) in [6, 6.07) is 15.4. The zero-order valence-corrected chi connectivity index (χ0v) is 19.5. The van der Waals surface area contributed by atoms with E-state index >= 15 is 0 Å². The van der Waals surface area contributed by atoms with Gasteiger partial charge in [0.2, 0.25) is 0 Å². The number of hydrogen-bond donors (Lipinski definition) is 2. The van der Waals surface area contributed by atoms with E-state index in [1.54, 1.807) is 24.5 Å². The fourth-order valence-corrected chi connectivity index (χ4v) is 4.59. The largest absolute Gasteiger partial charge is 0.489 e. The maximum absolute atomic E-state index is 13.2. The first kappa shape index (κ1) is 23.7. The number of rotatable bonds is 7. The molecule has 1 amide bonds. The van der Waals surface area contributed by atoms with E-state index in [4.69, 9.17) is 4.74 Å². The van der Waals surface area contributed by atoms with Crippen molar-refractivity contribution >= 4 is 6.09 Å². The number of nitrogens with zero attached hydrogens (tertiary/aromatic N) is 2. The van der Waals surface area contributed by atoms with Gasteiger partial charge in [-0.2, -0.15) is 0 Å². The molecule has 178 valence electrons. The standard InChI is InChI=1S/C27H29FN2O4/c1-18(2)20-4-6-21(7-5-20)27(33,26(3)16-30(17-26)25(31)32)22-12-19(13-29-14-22)15-34-24-10-8-23(28)9-11-24/h4-14,18,33H,15-17H2,1-3H3,(H,31,32)/t27-/m0/s1. The van der Waals surface area contributed by atoms with Crippen LogP contribution in [-0.2, 0) is 12.2 Å². The number of benzene rings is 2. The lowest BCUT2D eigenvalue weighted by atomic mass is 9.62. The Morgan fingerprint density at radius 2 is 1.76 bits per heavy atom. The van der Waals surface area contributed by atoms with Crippen molar-refractivity contribution in [2.45, 2.75) is 38.9 Å². The molecule has 7 heteroatoms. The van der Waals surface area contributed by atoms with Crippen LogP contribution in [0.25, 0.3) is 0 Å². The van der Waals surface area contributed by atoms with Gasteiger partial charge in [-0.3, -0.25) is 4.98 Å². The predicted octanol–water partition coefficient (Wildman–Crippen LogP) is 5.16. The minimum absolute atomic E-state index is 0.187. The van der Waals surface area contributed by atoms with Gasteiger partial charge in [-0.1, -0.05) is 45.0 Å². The van der Waals surface area contributed by atoms with E-state index in [-0.39, 0.29) is 25.5 Å². The molecule has 1 saturated heterocycles. The Hall–Kier alpha value is -3.45. The molecular formula is C27H29FN2O4. The molecule has 0 spiro atoms. The number of pyridine rings is 1. The molecule has 1 aromatic heterocycles. The lowest BCUT2D eigenvalue weighted by molar-refractivity contribution is -0.124. The van der Waals surface area contributed by atoms with Crippen molar-refractivity contribution in [1.82, 2.24) is 9.88 Å². The second kappa shape index (κ2) is 9.06. The number of hydrogen-bond acceptors (Lipinski definition) is 4. The topological polar surface area (TPSA) is 82.9 Å². The first-order valence-corrected chi connectivity index (χ1v) is 11.3. The summed E-state index contributed by atoms with van der Waals surface area (Å²) in [4.78, 5) is 17.1. The van der Waals surface area contributed by atoms with Gasteiger partial charge in [-0.15, -0.1) is 0 Å². The second-order valence-corrected chi connectivity index (χ2v) is 9.51. The predicted molar refractivity (Wildman–Crippen MR) is 126 cm³/mol. The number of halogens is 1. The smallest absolute Gasteiger partial charge is 0.407 e. The van der Waals surface area contributed by atoms with Gasteiger partial charge in [0.15, 0.2) is 0 Å². The first-order valence-electron chi connectivity index (χ1n) is 11.3. The van der Waals surface area contributed by atoms with Crippen molar-refractivity contribution in [2.24, 2.45) is 5.41 Å². The average molecular weight is 465 g/mol. The van der Waals surface area contributed by atoms with Gasteiger partial charge in [0.05, 0.1) is 0 Å². The molecule has 1 aliphatic rings. The van der Waals surface area contributed by atoms with Crippen molar-refractivity contribution in [2.75, 3.05) is 13.1 Å². The molecule has 2 aromatic carbocycles. The van der Waals surface area contributed by atoms with E-state index in [0.717, 1.165) is 11.1 Å². The second-order valence-electron chi connectivity index (χ2n) is 9.51. The summed E-state index contributed by atoms with van der Waals surface area (Å²) in [5.41, 5.74) is 0.921. The van der Waals surface area contributed by atoms with Crippen LogP contribution in [0.2, 0.25) is 0 Å². The van der Waals surface area contributed by atoms with Gasteiger partial charge in [-0.05, 0) is 47.4 Å². The number of aromatic nitrogens is 1. The molecule has 34 heavy (non-hydrogen) atoms. The number of carbonyl (C=O) groups is 1. The van der Waals surface area contributed by atoms with Crippen molar-refractivity contribution in [3.8, 4) is 5.75 Å². The number of carboxylic acid groups (broad SMARTS) is 1. The van der Waals surface area contributed by atoms with Crippen LogP contribution in [0.5, 0.6) is 5.75 Å². The van der Waals surface area contributed by atoms with Crippen LogP contribution in [0.1, 0.15) is 48.9 Å². The summed E-state index contributed by atoms with van der Waals surface area (Å²) in [6.07, 6.45) is 2.27. The summed E-state index contributed by atoms with van der Waals surface area (Å²) in [5, 5.41) is 21.7. The Kier molecular flexibility index (Phi) is 6.32. The van der Waals surface area contributed by atoms with Crippen LogP contribution in [0.3, 0.4) is 0 Å². The highest BCUT2D eigenvalue weighted by Gasteiger charge is 2.57. The highest BCUT2D eigenvalue weighted by Crippen LogP contribution is 2.50. The zero-order valence-electron chi connectivity index (χ0n) is 19.5. The maximum Gasteiger partial charge on any atom is 0.407 e. The molecule has 6 nitrogen and oxygen atoms in total. The fourth-order valence-electron chi connectivity index (χ4n) is 4.59. The van der Waals surface area contributed by atoms with Crippen LogP contribution in [0.15, 0.2) is 67.0 Å². The van der Waals surface area contributed by atoms with E-state index < -0.39 is 17.1 Å². The number of aliphatic hydroxyl groups is 1. The number of ether oxygens (including phenoxy) is 1. The minimum atomic E-state index is -1.46. The molecule has 0 unspecified atom stereocenters. The van der Waals surface area contributed by atoms with Crippen LogP contribution in [0, 0.1) is 11.2 Å². The Labute approximate surface area is 198 Å². The normalized spacial score (nSPS) is 16.6. The maximum atomic E-state index is 13.2. The summed E-state index contributed by atoms with van der Waals surface area (Å²) < 4.78 is 18.9. The third kappa shape index (κ3) is 4.35. The first-order chi connectivity index (χ1) is 16.1. The summed E-state index contributed by atoms with van der Waals surface area (Å²) in [7, 11) is 0. The third-order valence-electron chi connectivity index (χ3n) is 6.65. The van der Waals surface area contributed by atoms with Gasteiger partial charge in [-0.25, -0.2) is 9.18 Å². The van der Waals surface area contributed by atoms with E-state index in [0.29, 0.717) is 22.8 Å². The third-order valence-corrected chi connectivity index (χ3v) is 6.65. The lowest BCUT2D eigenvalue weighted by Gasteiger charge is -2.55. The van der Waals surface area contributed by atoms with Crippen LogP contribution < -0.4 is 4.74 Å². The quantitative estimate of drug-likeness (QED) is 0.505. The Morgan fingerprint density at radius 3 is 2.35 bits per heavy atom. The molecule has 2 heterocycles. The molecule has 0 bridgehead atoms. The van der Waals surface area contributed by atoms with Crippen molar-refractivity contribution in [1.29, 1.82) is 0 Å². The highest BCUT2D eigenvalue weighted by atomic mass is 19.1. The Morgan fingerprint density at radius 1 is 1.12 bits per heavy atom. The van der Waals surface area contributed by atoms with E-state index in [2.05, 4.69) is 18.8 Å². The number of likely N-dealkylation sites (tertiary alicyclic amines) is 1. The molecule has 0 aliphatic carbocycles. The van der Waals surface area contributed by atoms with Crippen molar-refractivity contribution in [3.05, 3.63) is 95.1 Å². The monoisotopic (exact) mass is 464 g/mol. The van der Waals surface area contributed by atoms with E-state index in [1.807, 2.05) is 37.3 Å². The van der Waals surface area contributed by atoms with Crippen LogP contribution in [0.4, 0.5) is 9.18 Å². The van der Waals surface area contributed by atoms with Crippen molar-refractivity contribution in [3.63, 3.8) is 0 Å². The summed E-state index contributed by atoms with van der Waals surface area (Å²) in [6.45, 7) is 6.68. The molecule has 1 aliphatic heterocycles. The van der Waals surface area contributed by atoms with Crippen molar-refractivity contribution < 1.29 is 24.1 Å². The van der Waals surface area contributed by atoms with E-state index in [1.165, 1.54) is 17.0 Å². The highest BCUT2D eigenvalue weighted by molar-refractivity contribution is 5.67. The molecule has 0 radical (unpaired) electrons. The minimum Gasteiger partial charge on any atom is -0.489 e. The molecule has 4 rings (SSSR count). The Bertz CT molecular complexity index is 1160. The van der Waals surface area contributed by atoms with Gasteiger partial charge >= 0.3 is 6.09 Å². The zero-order chi connectivity index (χ0) is 24.5. The molecule has 0 saturated carbocycles. The molecule has 3 aromatic rings.